The summed E-state index contributed by atoms with van der Waals surface area (Å²) in [4.78, 5) is 13.0. The van der Waals surface area contributed by atoms with E-state index in [0.29, 0.717) is 11.5 Å². The summed E-state index contributed by atoms with van der Waals surface area (Å²) < 4.78 is 5.24. The van der Waals surface area contributed by atoms with Crippen LogP contribution in [0, 0.1) is 6.92 Å². The zero-order valence-electron chi connectivity index (χ0n) is 13.8. The lowest BCUT2D eigenvalue weighted by molar-refractivity contribution is 0.442. The molecule has 0 spiro atoms. The highest BCUT2D eigenvalue weighted by Gasteiger charge is 2.18. The van der Waals surface area contributed by atoms with Crippen LogP contribution < -0.4 is 5.32 Å². The Bertz CT molecular complexity index is 969. The first-order valence-corrected chi connectivity index (χ1v) is 8.09. The van der Waals surface area contributed by atoms with Crippen molar-refractivity contribution in [3.8, 4) is 0 Å². The van der Waals surface area contributed by atoms with E-state index in [1.54, 1.807) is 0 Å². The first kappa shape index (κ1) is 15.3. The number of pyridine rings is 1. The Morgan fingerprint density at radius 2 is 1.84 bits per heavy atom. The molecule has 0 unspecified atom stereocenters. The molecule has 3 heterocycles. The van der Waals surface area contributed by atoms with Crippen LogP contribution in [-0.4, -0.2) is 20.1 Å². The van der Waals surface area contributed by atoms with Crippen LogP contribution >= 0.6 is 0 Å². The summed E-state index contributed by atoms with van der Waals surface area (Å²) in [5.74, 6) is 0.716. The number of aromatic nitrogens is 4. The van der Waals surface area contributed by atoms with E-state index in [2.05, 4.69) is 37.6 Å². The van der Waals surface area contributed by atoms with Crippen molar-refractivity contribution in [3.63, 3.8) is 0 Å². The second kappa shape index (κ2) is 6.68. The summed E-state index contributed by atoms with van der Waals surface area (Å²) in [6.45, 7) is 1.89. The van der Waals surface area contributed by atoms with E-state index in [-0.39, 0.29) is 6.04 Å². The first-order chi connectivity index (χ1) is 12.3. The fourth-order valence-electron chi connectivity index (χ4n) is 2.86. The lowest BCUT2D eigenvalue weighted by Crippen LogP contribution is -2.15. The topological polar surface area (TPSA) is 76.7 Å². The van der Waals surface area contributed by atoms with Crippen molar-refractivity contribution in [2.24, 2.45) is 0 Å². The molecule has 1 N–H and O–H groups in total. The summed E-state index contributed by atoms with van der Waals surface area (Å²) in [6.07, 6.45) is 4.03. The normalized spacial score (nSPS) is 12.2. The van der Waals surface area contributed by atoms with E-state index in [9.17, 15) is 0 Å². The smallest absolute Gasteiger partial charge is 0.263 e. The van der Waals surface area contributed by atoms with Gasteiger partial charge in [0.25, 0.3) is 5.71 Å². The van der Waals surface area contributed by atoms with Crippen molar-refractivity contribution in [2.75, 3.05) is 5.32 Å². The molecule has 25 heavy (non-hydrogen) atoms. The minimum atomic E-state index is 0.0171. The number of aryl methyl sites for hydroxylation is 1. The summed E-state index contributed by atoms with van der Waals surface area (Å²) >= 11 is 0. The molecule has 0 saturated carbocycles. The molecule has 1 aromatic carbocycles. The monoisotopic (exact) mass is 331 g/mol. The van der Waals surface area contributed by atoms with Crippen LogP contribution in [0.4, 0.5) is 5.82 Å². The quantitative estimate of drug-likeness (QED) is 0.600. The number of rotatable bonds is 5. The van der Waals surface area contributed by atoms with E-state index in [0.717, 1.165) is 28.8 Å². The van der Waals surface area contributed by atoms with Crippen molar-refractivity contribution in [1.29, 1.82) is 0 Å². The van der Waals surface area contributed by atoms with E-state index < -0.39 is 0 Å². The third kappa shape index (κ3) is 3.19. The summed E-state index contributed by atoms with van der Waals surface area (Å²) in [5.41, 5.74) is 3.42. The third-order valence-corrected chi connectivity index (χ3v) is 4.10. The van der Waals surface area contributed by atoms with Gasteiger partial charge in [0.1, 0.15) is 17.5 Å². The van der Waals surface area contributed by atoms with Crippen molar-refractivity contribution in [1.82, 2.24) is 20.1 Å². The number of anilines is 1. The maximum atomic E-state index is 5.24. The average molecular weight is 331 g/mol. The van der Waals surface area contributed by atoms with Gasteiger partial charge in [0.2, 0.25) is 0 Å². The number of nitrogens with one attached hydrogen (secondary N) is 1. The Morgan fingerprint density at radius 3 is 2.64 bits per heavy atom. The van der Waals surface area contributed by atoms with Crippen LogP contribution in [0.3, 0.4) is 0 Å². The molecule has 1 atom stereocenters. The van der Waals surface area contributed by atoms with Crippen molar-refractivity contribution in [3.05, 3.63) is 78.0 Å². The van der Waals surface area contributed by atoms with Gasteiger partial charge in [-0.05, 0) is 24.6 Å². The molecule has 0 aliphatic carbocycles. The minimum Gasteiger partial charge on any atom is -0.362 e. The highest BCUT2D eigenvalue weighted by Crippen LogP contribution is 2.28. The van der Waals surface area contributed by atoms with Gasteiger partial charge in [0.05, 0.1) is 11.7 Å². The Kier molecular flexibility index (Phi) is 4.08. The van der Waals surface area contributed by atoms with Crippen molar-refractivity contribution >= 4 is 16.9 Å². The Balaban J connectivity index is 1.72. The largest absolute Gasteiger partial charge is 0.362 e. The molecule has 4 rings (SSSR count). The molecular formula is C19H17N5O. The van der Waals surface area contributed by atoms with Gasteiger partial charge in [-0.15, -0.1) is 0 Å². The molecule has 0 saturated heterocycles. The molecule has 124 valence electrons. The fourth-order valence-corrected chi connectivity index (χ4v) is 2.86. The van der Waals surface area contributed by atoms with Gasteiger partial charge in [-0.25, -0.2) is 4.98 Å². The van der Waals surface area contributed by atoms with E-state index in [1.165, 1.54) is 6.33 Å². The van der Waals surface area contributed by atoms with Crippen LogP contribution in [0.1, 0.15) is 23.0 Å². The molecule has 0 amide bonds. The average Bonchev–Trinajstić information content (AvgIpc) is 3.05. The van der Waals surface area contributed by atoms with Crippen LogP contribution in [0.2, 0.25) is 0 Å². The van der Waals surface area contributed by atoms with Crippen molar-refractivity contribution in [2.45, 2.75) is 19.4 Å². The number of fused-ring (bicyclic) bond motifs is 1. The molecule has 0 bridgehead atoms. The van der Waals surface area contributed by atoms with Gasteiger partial charge in [-0.3, -0.25) is 4.98 Å². The van der Waals surface area contributed by atoms with E-state index in [1.807, 2.05) is 49.5 Å². The minimum absolute atomic E-state index is 0.0171. The molecule has 3 aromatic heterocycles. The number of nitrogens with zero attached hydrogens (tertiary/aromatic N) is 4. The van der Waals surface area contributed by atoms with Gasteiger partial charge in [-0.2, -0.15) is 4.98 Å². The molecule has 6 nitrogen and oxygen atoms in total. The number of benzene rings is 1. The molecule has 4 aromatic rings. The molecule has 0 aliphatic heterocycles. The predicted octanol–water partition coefficient (Wildman–Crippen LogP) is 3.72. The summed E-state index contributed by atoms with van der Waals surface area (Å²) in [5, 5.41) is 8.32. The maximum Gasteiger partial charge on any atom is 0.263 e. The fraction of sp³-hybridized carbons (Fsp3) is 0.158. The second-order valence-corrected chi connectivity index (χ2v) is 5.80. The lowest BCUT2D eigenvalue weighted by atomic mass is 10.0. The van der Waals surface area contributed by atoms with Gasteiger partial charge < -0.3 is 9.84 Å². The van der Waals surface area contributed by atoms with Gasteiger partial charge in [-0.1, -0.05) is 41.6 Å². The summed E-state index contributed by atoms with van der Waals surface area (Å²) in [6, 6.07) is 16.2. The molecule has 0 aliphatic rings. The highest BCUT2D eigenvalue weighted by molar-refractivity contribution is 5.87. The van der Waals surface area contributed by atoms with Gasteiger partial charge >= 0.3 is 0 Å². The van der Waals surface area contributed by atoms with Gasteiger partial charge in [0, 0.05) is 18.3 Å². The maximum absolute atomic E-state index is 5.24. The number of hydrogen-bond donors (Lipinski definition) is 1. The first-order valence-electron chi connectivity index (χ1n) is 8.09. The second-order valence-electron chi connectivity index (χ2n) is 5.80. The van der Waals surface area contributed by atoms with Crippen LogP contribution in [0.15, 0.2) is 65.6 Å². The van der Waals surface area contributed by atoms with Crippen molar-refractivity contribution < 1.29 is 4.52 Å². The summed E-state index contributed by atoms with van der Waals surface area (Å²) in [7, 11) is 0. The van der Waals surface area contributed by atoms with Crippen LogP contribution in [0.5, 0.6) is 0 Å². The highest BCUT2D eigenvalue weighted by atomic mass is 16.5. The Morgan fingerprint density at radius 1 is 1.00 bits per heavy atom. The zero-order chi connectivity index (χ0) is 17.1. The SMILES string of the molecule is Cc1noc2ncnc(N[C@@H](Cc3ccccn3)c3ccccc3)c12. The molecular weight excluding hydrogens is 314 g/mol. The molecule has 0 fully saturated rings. The lowest BCUT2D eigenvalue weighted by Gasteiger charge is -2.20. The van der Waals surface area contributed by atoms with Gasteiger partial charge in [0.15, 0.2) is 0 Å². The van der Waals surface area contributed by atoms with Crippen LogP contribution in [0.25, 0.3) is 11.1 Å². The number of hydrogen-bond acceptors (Lipinski definition) is 6. The molecule has 6 heteroatoms. The third-order valence-electron chi connectivity index (χ3n) is 4.10. The Hall–Kier alpha value is -3.28. The van der Waals surface area contributed by atoms with Crippen LogP contribution in [-0.2, 0) is 6.42 Å². The van der Waals surface area contributed by atoms with E-state index >= 15 is 0 Å². The molecule has 0 radical (unpaired) electrons. The van der Waals surface area contributed by atoms with E-state index in [4.69, 9.17) is 4.52 Å². The predicted molar refractivity (Wildman–Crippen MR) is 95.1 cm³/mol. The Labute approximate surface area is 144 Å². The zero-order valence-corrected chi connectivity index (χ0v) is 13.8. The standard InChI is InChI=1S/C19H17N5O/c1-13-17-18(21-12-22-19(17)25-24-13)23-16(14-7-3-2-4-8-14)11-15-9-5-6-10-20-15/h2-10,12,16H,11H2,1H3,(H,21,22,23)/t16-/m0/s1.